The average molecular weight is 580 g/mol. The molecule has 0 atom stereocenters. The maximum Gasteiger partial charge on any atom is 0.222 e. The Hall–Kier alpha value is -1.59. The van der Waals surface area contributed by atoms with Gasteiger partial charge in [0.15, 0.2) is 0 Å². The van der Waals surface area contributed by atoms with Crippen molar-refractivity contribution in [2.45, 2.75) is 181 Å². The monoisotopic (exact) mass is 580 g/mol. The fourth-order valence-electron chi connectivity index (χ4n) is 5.34. The summed E-state index contributed by atoms with van der Waals surface area (Å²) in [6, 6.07) is 0. The Morgan fingerprint density at radius 3 is 1.07 bits per heavy atom. The molecule has 0 saturated heterocycles. The Morgan fingerprint density at radius 2 is 0.732 bits per heavy atom. The molecular formula is C35H69N3O3. The fraction of sp³-hybridized carbons (Fsp3) is 0.914. The van der Waals surface area contributed by atoms with Crippen LogP contribution in [0.4, 0.5) is 0 Å². The molecule has 6 heteroatoms. The Morgan fingerprint density at radius 1 is 0.415 bits per heavy atom. The molecule has 0 aromatic carbocycles. The van der Waals surface area contributed by atoms with Gasteiger partial charge in [0, 0.05) is 45.4 Å². The number of nitrogens with zero attached hydrogens (tertiary/aromatic N) is 1. The molecule has 0 heterocycles. The number of hydrogen-bond donors (Lipinski definition) is 2. The lowest BCUT2D eigenvalue weighted by Gasteiger charge is -2.18. The molecule has 0 aromatic heterocycles. The van der Waals surface area contributed by atoms with Gasteiger partial charge >= 0.3 is 0 Å². The van der Waals surface area contributed by atoms with Gasteiger partial charge in [0.05, 0.1) is 0 Å². The van der Waals surface area contributed by atoms with Gasteiger partial charge in [0.2, 0.25) is 17.7 Å². The standard InChI is InChI=1S/C35H69N3O3/c1-4-7-31-36-33(39)28-24-22-20-18-16-14-12-10-8-9-11-13-15-17-19-21-23-25-29-34(40)37-32-27-26-30-35(41)38(5-2)6-3/h4-32H2,1-3H3,(H,36,39)(H,37,40). The van der Waals surface area contributed by atoms with Crippen molar-refractivity contribution < 1.29 is 14.4 Å². The van der Waals surface area contributed by atoms with Crippen LogP contribution in [0.25, 0.3) is 0 Å². The van der Waals surface area contributed by atoms with Crippen LogP contribution in [0.2, 0.25) is 0 Å². The summed E-state index contributed by atoms with van der Waals surface area (Å²) in [5, 5.41) is 6.01. The Kier molecular flexibility index (Phi) is 30.1. The third-order valence-corrected chi connectivity index (χ3v) is 8.17. The second kappa shape index (κ2) is 31.3. The van der Waals surface area contributed by atoms with Crippen molar-refractivity contribution >= 4 is 17.7 Å². The van der Waals surface area contributed by atoms with Crippen LogP contribution in [-0.4, -0.2) is 48.8 Å². The minimum Gasteiger partial charge on any atom is -0.356 e. The zero-order valence-electron chi connectivity index (χ0n) is 27.7. The van der Waals surface area contributed by atoms with E-state index >= 15 is 0 Å². The zero-order chi connectivity index (χ0) is 30.2. The van der Waals surface area contributed by atoms with Crippen LogP contribution in [0, 0.1) is 0 Å². The minimum atomic E-state index is 0.163. The first-order valence-corrected chi connectivity index (χ1v) is 17.9. The molecule has 0 spiro atoms. The molecule has 0 radical (unpaired) electrons. The van der Waals surface area contributed by atoms with Gasteiger partial charge in [-0.05, 0) is 46.0 Å². The zero-order valence-corrected chi connectivity index (χ0v) is 27.7. The number of rotatable bonds is 31. The maximum atomic E-state index is 12.0. The van der Waals surface area contributed by atoms with E-state index in [4.69, 9.17) is 0 Å². The van der Waals surface area contributed by atoms with Crippen molar-refractivity contribution in [2.75, 3.05) is 26.2 Å². The third-order valence-electron chi connectivity index (χ3n) is 8.17. The largest absolute Gasteiger partial charge is 0.356 e. The number of hydrogen-bond acceptors (Lipinski definition) is 3. The Balaban J connectivity index is 3.25. The van der Waals surface area contributed by atoms with Crippen molar-refractivity contribution in [3.05, 3.63) is 0 Å². The first-order valence-electron chi connectivity index (χ1n) is 17.9. The summed E-state index contributed by atoms with van der Waals surface area (Å²) in [5.74, 6) is 0.621. The van der Waals surface area contributed by atoms with E-state index in [0.717, 1.165) is 64.6 Å². The summed E-state index contributed by atoms with van der Waals surface area (Å²) in [6.45, 7) is 9.25. The second-order valence-corrected chi connectivity index (χ2v) is 11.9. The number of amides is 3. The molecule has 3 amide bonds. The Labute approximate surface area is 254 Å². The summed E-state index contributed by atoms with van der Waals surface area (Å²) < 4.78 is 0. The molecule has 0 bridgehead atoms. The van der Waals surface area contributed by atoms with E-state index in [1.807, 2.05) is 18.7 Å². The van der Waals surface area contributed by atoms with E-state index in [1.54, 1.807) is 0 Å². The molecule has 0 saturated carbocycles. The molecule has 0 aliphatic carbocycles. The van der Waals surface area contributed by atoms with Gasteiger partial charge in [0.25, 0.3) is 0 Å². The highest BCUT2D eigenvalue weighted by atomic mass is 16.2. The molecule has 6 nitrogen and oxygen atoms in total. The topological polar surface area (TPSA) is 78.5 Å². The SMILES string of the molecule is CCCCNC(=O)CCCCCCCCCCCCCCCCCCCCC(=O)NCCCCC(=O)N(CC)CC. The number of unbranched alkanes of at least 4 members (excludes halogenated alkanes) is 19. The van der Waals surface area contributed by atoms with Crippen LogP contribution in [-0.2, 0) is 14.4 Å². The first kappa shape index (κ1) is 39.4. The minimum absolute atomic E-state index is 0.163. The molecule has 41 heavy (non-hydrogen) atoms. The second-order valence-electron chi connectivity index (χ2n) is 11.9. The highest BCUT2D eigenvalue weighted by Crippen LogP contribution is 2.15. The molecule has 0 aliphatic heterocycles. The third kappa shape index (κ3) is 28.3. The van der Waals surface area contributed by atoms with E-state index in [2.05, 4.69) is 17.6 Å². The molecule has 0 rings (SSSR count). The van der Waals surface area contributed by atoms with Crippen LogP contribution in [0.15, 0.2) is 0 Å². The normalized spacial score (nSPS) is 11.0. The smallest absolute Gasteiger partial charge is 0.222 e. The predicted molar refractivity (Wildman–Crippen MR) is 175 cm³/mol. The predicted octanol–water partition coefficient (Wildman–Crippen LogP) is 8.86. The van der Waals surface area contributed by atoms with Crippen LogP contribution in [0.1, 0.15) is 181 Å². The number of carbonyl (C=O) groups excluding carboxylic acids is 3. The molecule has 0 aromatic rings. The molecule has 0 fully saturated rings. The van der Waals surface area contributed by atoms with Gasteiger partial charge in [-0.15, -0.1) is 0 Å². The first-order chi connectivity index (χ1) is 20.0. The quantitative estimate of drug-likeness (QED) is 0.0805. The van der Waals surface area contributed by atoms with E-state index < -0.39 is 0 Å². The van der Waals surface area contributed by atoms with E-state index in [1.165, 1.54) is 96.3 Å². The summed E-state index contributed by atoms with van der Waals surface area (Å²) in [6.07, 6.45) is 29.1. The molecule has 0 aliphatic rings. The summed E-state index contributed by atoms with van der Waals surface area (Å²) in [5.41, 5.74) is 0. The van der Waals surface area contributed by atoms with Crippen LogP contribution in [0.5, 0.6) is 0 Å². The summed E-state index contributed by atoms with van der Waals surface area (Å²) >= 11 is 0. The highest BCUT2D eigenvalue weighted by molar-refractivity contribution is 5.76. The van der Waals surface area contributed by atoms with E-state index in [-0.39, 0.29) is 17.7 Å². The lowest BCUT2D eigenvalue weighted by molar-refractivity contribution is -0.131. The van der Waals surface area contributed by atoms with Crippen molar-refractivity contribution in [2.24, 2.45) is 0 Å². The van der Waals surface area contributed by atoms with E-state index in [0.29, 0.717) is 25.8 Å². The van der Waals surface area contributed by atoms with Gasteiger partial charge < -0.3 is 15.5 Å². The van der Waals surface area contributed by atoms with Crippen LogP contribution in [0.3, 0.4) is 0 Å². The fourth-order valence-corrected chi connectivity index (χ4v) is 5.34. The maximum absolute atomic E-state index is 12.0. The highest BCUT2D eigenvalue weighted by Gasteiger charge is 2.08. The van der Waals surface area contributed by atoms with Crippen molar-refractivity contribution in [1.82, 2.24) is 15.5 Å². The van der Waals surface area contributed by atoms with Crippen molar-refractivity contribution in [3.8, 4) is 0 Å². The molecule has 0 unspecified atom stereocenters. The summed E-state index contributed by atoms with van der Waals surface area (Å²) in [4.78, 5) is 37.5. The number of carbonyl (C=O) groups is 3. The van der Waals surface area contributed by atoms with Crippen LogP contribution < -0.4 is 10.6 Å². The molecule has 242 valence electrons. The van der Waals surface area contributed by atoms with Gasteiger partial charge in [-0.2, -0.15) is 0 Å². The lowest BCUT2D eigenvalue weighted by atomic mass is 10.0. The average Bonchev–Trinajstić information content (AvgIpc) is 2.96. The van der Waals surface area contributed by atoms with Gasteiger partial charge in [-0.25, -0.2) is 0 Å². The van der Waals surface area contributed by atoms with Gasteiger partial charge in [-0.3, -0.25) is 14.4 Å². The summed E-state index contributed by atoms with van der Waals surface area (Å²) in [7, 11) is 0. The number of nitrogens with one attached hydrogen (secondary N) is 2. The van der Waals surface area contributed by atoms with E-state index in [9.17, 15) is 14.4 Å². The van der Waals surface area contributed by atoms with Crippen molar-refractivity contribution in [1.29, 1.82) is 0 Å². The molecular weight excluding hydrogens is 510 g/mol. The molecule has 2 N–H and O–H groups in total. The van der Waals surface area contributed by atoms with Gasteiger partial charge in [-0.1, -0.05) is 116 Å². The van der Waals surface area contributed by atoms with Crippen LogP contribution >= 0.6 is 0 Å². The van der Waals surface area contributed by atoms with Crippen molar-refractivity contribution in [3.63, 3.8) is 0 Å². The Bertz CT molecular complexity index is 607. The van der Waals surface area contributed by atoms with Gasteiger partial charge in [0.1, 0.15) is 0 Å². The lowest BCUT2D eigenvalue weighted by Crippen LogP contribution is -2.30.